The summed E-state index contributed by atoms with van der Waals surface area (Å²) in [6, 6.07) is 0. The Morgan fingerprint density at radius 1 is 1.35 bits per heavy atom. The second-order valence-electron chi connectivity index (χ2n) is 3.74. The van der Waals surface area contributed by atoms with Crippen LogP contribution in [0.1, 0.15) is 39.5 Å². The molecule has 0 saturated carbocycles. The van der Waals surface area contributed by atoms with Crippen molar-refractivity contribution in [3.05, 3.63) is 11.8 Å². The Morgan fingerprint density at radius 2 is 2.06 bits per heavy atom. The quantitative estimate of drug-likeness (QED) is 0.399. The van der Waals surface area contributed by atoms with E-state index in [1.165, 1.54) is 13.0 Å². The van der Waals surface area contributed by atoms with Crippen LogP contribution in [0.2, 0.25) is 0 Å². The molecule has 0 aromatic heterocycles. The van der Waals surface area contributed by atoms with Crippen LogP contribution in [0.4, 0.5) is 0 Å². The van der Waals surface area contributed by atoms with Gasteiger partial charge < -0.3 is 10.4 Å². The summed E-state index contributed by atoms with van der Waals surface area (Å²) in [5.41, 5.74) is 0. The van der Waals surface area contributed by atoms with E-state index >= 15 is 0 Å². The molecule has 1 amide bonds. The van der Waals surface area contributed by atoms with E-state index in [2.05, 4.69) is 12.2 Å². The summed E-state index contributed by atoms with van der Waals surface area (Å²) < 4.78 is 0. The van der Waals surface area contributed by atoms with Gasteiger partial charge in [-0.25, -0.2) is 0 Å². The first-order chi connectivity index (χ1) is 8.06. The first-order valence-corrected chi connectivity index (χ1v) is 6.85. The largest absolute Gasteiger partial charge is 0.512 e. The van der Waals surface area contributed by atoms with Crippen LogP contribution in [-0.2, 0) is 9.59 Å². The number of amides is 1. The van der Waals surface area contributed by atoms with E-state index in [1.807, 2.05) is 0 Å². The average Bonchev–Trinajstić information content (AvgIpc) is 2.24. The molecule has 0 aliphatic rings. The van der Waals surface area contributed by atoms with E-state index in [4.69, 9.17) is 0 Å². The summed E-state index contributed by atoms with van der Waals surface area (Å²) in [5.74, 6) is 0.573. The van der Waals surface area contributed by atoms with Crippen molar-refractivity contribution in [2.24, 2.45) is 0 Å². The zero-order valence-electron chi connectivity index (χ0n) is 10.5. The van der Waals surface area contributed by atoms with Crippen molar-refractivity contribution in [1.82, 2.24) is 5.32 Å². The van der Waals surface area contributed by atoms with Gasteiger partial charge in [0.15, 0.2) is 0 Å². The standard InChI is InChI=1S/C12H21NO3S/c1-3-4-5-6-11(15)9-12(16)17-8-7-13-10(2)14/h9,15H,3-8H2,1-2H3,(H,13,14)/b11-9-. The monoisotopic (exact) mass is 259 g/mol. The van der Waals surface area contributed by atoms with Gasteiger partial charge in [-0.1, -0.05) is 31.5 Å². The van der Waals surface area contributed by atoms with Crippen LogP contribution < -0.4 is 5.32 Å². The molecule has 0 saturated heterocycles. The van der Waals surface area contributed by atoms with E-state index in [1.54, 1.807) is 0 Å². The minimum Gasteiger partial charge on any atom is -0.512 e. The lowest BCUT2D eigenvalue weighted by Crippen LogP contribution is -2.22. The van der Waals surface area contributed by atoms with E-state index in [0.717, 1.165) is 31.0 Å². The highest BCUT2D eigenvalue weighted by atomic mass is 32.2. The van der Waals surface area contributed by atoms with Crippen LogP contribution in [0.25, 0.3) is 0 Å². The van der Waals surface area contributed by atoms with Gasteiger partial charge in [0.05, 0.1) is 5.76 Å². The molecule has 0 heterocycles. The van der Waals surface area contributed by atoms with Crippen molar-refractivity contribution < 1.29 is 14.7 Å². The van der Waals surface area contributed by atoms with Gasteiger partial charge in [0, 0.05) is 31.7 Å². The zero-order valence-corrected chi connectivity index (χ0v) is 11.3. The normalized spacial score (nSPS) is 11.3. The smallest absolute Gasteiger partial charge is 0.216 e. The summed E-state index contributed by atoms with van der Waals surface area (Å²) in [4.78, 5) is 21.9. The molecule has 17 heavy (non-hydrogen) atoms. The van der Waals surface area contributed by atoms with Crippen LogP contribution in [0.15, 0.2) is 11.8 Å². The van der Waals surface area contributed by atoms with Gasteiger partial charge in [-0.2, -0.15) is 0 Å². The predicted octanol–water partition coefficient (Wildman–Crippen LogP) is 2.40. The van der Waals surface area contributed by atoms with Crippen molar-refractivity contribution in [2.75, 3.05) is 12.3 Å². The topological polar surface area (TPSA) is 66.4 Å². The number of carbonyl (C=O) groups is 2. The SMILES string of the molecule is CCCCC/C(O)=C/C(=O)SCCNC(C)=O. The lowest BCUT2D eigenvalue weighted by atomic mass is 10.2. The van der Waals surface area contributed by atoms with Gasteiger partial charge in [0.2, 0.25) is 11.0 Å². The molecule has 2 N–H and O–H groups in total. The maximum Gasteiger partial charge on any atom is 0.216 e. The van der Waals surface area contributed by atoms with Gasteiger partial charge in [0.1, 0.15) is 0 Å². The Kier molecular flexibility index (Phi) is 9.62. The molecular weight excluding hydrogens is 238 g/mol. The predicted molar refractivity (Wildman–Crippen MR) is 71.0 cm³/mol. The second-order valence-corrected chi connectivity index (χ2v) is 4.84. The third-order valence-electron chi connectivity index (χ3n) is 2.04. The molecule has 98 valence electrons. The average molecular weight is 259 g/mol. The number of carbonyl (C=O) groups excluding carboxylic acids is 2. The van der Waals surface area contributed by atoms with Gasteiger partial charge >= 0.3 is 0 Å². The Balaban J connectivity index is 3.67. The Hall–Kier alpha value is -0.970. The fourth-order valence-corrected chi connectivity index (χ4v) is 1.81. The van der Waals surface area contributed by atoms with Crippen molar-refractivity contribution >= 4 is 22.8 Å². The third-order valence-corrected chi connectivity index (χ3v) is 2.85. The Morgan fingerprint density at radius 3 is 2.65 bits per heavy atom. The summed E-state index contributed by atoms with van der Waals surface area (Å²) in [6.07, 6.45) is 4.89. The Labute approximate surface area is 107 Å². The minimum atomic E-state index is -0.163. The van der Waals surface area contributed by atoms with Gasteiger partial charge in [-0.15, -0.1) is 0 Å². The molecular formula is C12H21NO3S. The fourth-order valence-electron chi connectivity index (χ4n) is 1.18. The highest BCUT2D eigenvalue weighted by Crippen LogP contribution is 2.09. The molecule has 0 aromatic rings. The molecule has 0 unspecified atom stereocenters. The zero-order chi connectivity index (χ0) is 13.1. The molecule has 0 aliphatic carbocycles. The van der Waals surface area contributed by atoms with Crippen molar-refractivity contribution in [3.63, 3.8) is 0 Å². The van der Waals surface area contributed by atoms with Crippen molar-refractivity contribution in [1.29, 1.82) is 0 Å². The first-order valence-electron chi connectivity index (χ1n) is 5.87. The first kappa shape index (κ1) is 16.0. The lowest BCUT2D eigenvalue weighted by molar-refractivity contribution is -0.118. The van der Waals surface area contributed by atoms with Crippen LogP contribution >= 0.6 is 11.8 Å². The minimum absolute atomic E-state index is 0.101. The van der Waals surface area contributed by atoms with E-state index in [9.17, 15) is 14.7 Å². The van der Waals surface area contributed by atoms with Crippen molar-refractivity contribution in [2.45, 2.75) is 39.5 Å². The number of rotatable bonds is 8. The molecule has 0 aromatic carbocycles. The summed E-state index contributed by atoms with van der Waals surface area (Å²) in [7, 11) is 0. The van der Waals surface area contributed by atoms with E-state index in [0.29, 0.717) is 18.7 Å². The molecule has 0 aliphatic heterocycles. The number of thioether (sulfide) groups is 1. The molecule has 4 nitrogen and oxygen atoms in total. The molecule has 0 bridgehead atoms. The van der Waals surface area contributed by atoms with Crippen LogP contribution in [-0.4, -0.2) is 28.4 Å². The second kappa shape index (κ2) is 10.2. The lowest BCUT2D eigenvalue weighted by Gasteiger charge is -2.01. The number of hydrogen-bond donors (Lipinski definition) is 2. The summed E-state index contributed by atoms with van der Waals surface area (Å²) >= 11 is 1.10. The van der Waals surface area contributed by atoms with Gasteiger partial charge in [-0.05, 0) is 6.42 Å². The van der Waals surface area contributed by atoms with Crippen molar-refractivity contribution in [3.8, 4) is 0 Å². The van der Waals surface area contributed by atoms with Crippen LogP contribution in [0.3, 0.4) is 0 Å². The maximum atomic E-state index is 11.3. The number of nitrogens with one attached hydrogen (secondary N) is 1. The van der Waals surface area contributed by atoms with E-state index < -0.39 is 0 Å². The molecule has 0 rings (SSSR count). The number of allylic oxidation sites excluding steroid dienone is 1. The maximum absolute atomic E-state index is 11.3. The highest BCUT2D eigenvalue weighted by molar-refractivity contribution is 8.14. The number of hydrogen-bond acceptors (Lipinski definition) is 4. The summed E-state index contributed by atoms with van der Waals surface area (Å²) in [6.45, 7) is 3.99. The molecule has 0 spiro atoms. The van der Waals surface area contributed by atoms with Gasteiger partial charge in [0.25, 0.3) is 0 Å². The molecule has 0 fully saturated rings. The summed E-state index contributed by atoms with van der Waals surface area (Å²) in [5, 5.41) is 11.9. The number of aliphatic hydroxyl groups excluding tert-OH is 1. The van der Waals surface area contributed by atoms with Gasteiger partial charge in [-0.3, -0.25) is 9.59 Å². The third kappa shape index (κ3) is 11.3. The highest BCUT2D eigenvalue weighted by Gasteiger charge is 2.02. The number of aliphatic hydroxyl groups is 1. The fraction of sp³-hybridized carbons (Fsp3) is 0.667. The van der Waals surface area contributed by atoms with E-state index in [-0.39, 0.29) is 16.8 Å². The van der Waals surface area contributed by atoms with Crippen LogP contribution in [0, 0.1) is 0 Å². The number of unbranched alkanes of at least 4 members (excludes halogenated alkanes) is 2. The molecule has 0 radical (unpaired) electrons. The Bertz CT molecular complexity index is 277. The van der Waals surface area contributed by atoms with Crippen LogP contribution in [0.5, 0.6) is 0 Å². The molecule has 5 heteroatoms. The molecule has 0 atom stereocenters.